The lowest BCUT2D eigenvalue weighted by atomic mass is 9.91. The summed E-state index contributed by atoms with van der Waals surface area (Å²) in [5.74, 6) is -0.451. The SMILES string of the molecule is CC(C)NC(CN1CCc2ccccc21)(C(=O)O)C1CC1. The fourth-order valence-electron chi connectivity index (χ4n) is 3.56. The molecule has 1 atom stereocenters. The molecule has 2 aliphatic rings. The lowest BCUT2D eigenvalue weighted by Crippen LogP contribution is -2.62. The van der Waals surface area contributed by atoms with Crippen molar-refractivity contribution in [2.75, 3.05) is 18.0 Å². The third-order valence-electron chi connectivity index (χ3n) is 4.63. The van der Waals surface area contributed by atoms with E-state index in [1.54, 1.807) is 0 Å². The van der Waals surface area contributed by atoms with Crippen LogP contribution in [0.3, 0.4) is 0 Å². The average Bonchev–Trinajstić information content (AvgIpc) is 3.21. The van der Waals surface area contributed by atoms with Gasteiger partial charge in [0.05, 0.1) is 0 Å². The molecular weight excluding hydrogens is 264 g/mol. The molecule has 0 spiro atoms. The van der Waals surface area contributed by atoms with E-state index in [1.807, 2.05) is 19.9 Å². The highest BCUT2D eigenvalue weighted by molar-refractivity contribution is 5.81. The summed E-state index contributed by atoms with van der Waals surface area (Å²) in [6.45, 7) is 5.53. The van der Waals surface area contributed by atoms with E-state index in [0.717, 1.165) is 25.8 Å². The maximum Gasteiger partial charge on any atom is 0.326 e. The Morgan fingerprint density at radius 1 is 1.43 bits per heavy atom. The van der Waals surface area contributed by atoms with Crippen molar-refractivity contribution in [1.29, 1.82) is 0 Å². The van der Waals surface area contributed by atoms with E-state index in [4.69, 9.17) is 0 Å². The molecule has 1 fully saturated rings. The molecule has 1 aromatic carbocycles. The van der Waals surface area contributed by atoms with Gasteiger partial charge in [-0.05, 0) is 50.7 Å². The number of anilines is 1. The smallest absolute Gasteiger partial charge is 0.326 e. The third-order valence-corrected chi connectivity index (χ3v) is 4.63. The Balaban J connectivity index is 1.87. The fourth-order valence-corrected chi connectivity index (χ4v) is 3.56. The van der Waals surface area contributed by atoms with Gasteiger partial charge in [-0.2, -0.15) is 0 Å². The highest BCUT2D eigenvalue weighted by Gasteiger charge is 2.52. The highest BCUT2D eigenvalue weighted by atomic mass is 16.4. The molecule has 1 unspecified atom stereocenters. The number of aliphatic carboxylic acids is 1. The van der Waals surface area contributed by atoms with E-state index in [1.165, 1.54) is 11.3 Å². The first kappa shape index (κ1) is 14.4. The Labute approximate surface area is 126 Å². The standard InChI is InChI=1S/C17H24N2O2/c1-12(2)18-17(16(20)21,14-7-8-14)11-19-10-9-13-5-3-4-6-15(13)19/h3-6,12,14,18H,7-11H2,1-2H3,(H,20,21). The van der Waals surface area contributed by atoms with Gasteiger partial charge in [-0.3, -0.25) is 10.1 Å². The molecule has 4 nitrogen and oxygen atoms in total. The molecule has 0 aromatic heterocycles. The van der Waals surface area contributed by atoms with E-state index in [0.29, 0.717) is 6.54 Å². The van der Waals surface area contributed by atoms with E-state index in [9.17, 15) is 9.90 Å². The van der Waals surface area contributed by atoms with Gasteiger partial charge in [0.25, 0.3) is 0 Å². The molecule has 21 heavy (non-hydrogen) atoms. The van der Waals surface area contributed by atoms with Crippen LogP contribution in [-0.4, -0.2) is 35.7 Å². The average molecular weight is 288 g/mol. The Morgan fingerprint density at radius 2 is 2.14 bits per heavy atom. The minimum atomic E-state index is -0.814. The molecule has 1 saturated carbocycles. The van der Waals surface area contributed by atoms with Gasteiger partial charge in [-0.1, -0.05) is 18.2 Å². The van der Waals surface area contributed by atoms with Crippen LogP contribution >= 0.6 is 0 Å². The van der Waals surface area contributed by atoms with Crippen molar-refractivity contribution >= 4 is 11.7 Å². The summed E-state index contributed by atoms with van der Waals surface area (Å²) in [7, 11) is 0. The van der Waals surface area contributed by atoms with Crippen LogP contribution in [0.15, 0.2) is 24.3 Å². The molecule has 3 rings (SSSR count). The molecule has 4 heteroatoms. The number of nitrogens with zero attached hydrogens (tertiary/aromatic N) is 1. The first-order valence-corrected chi connectivity index (χ1v) is 7.87. The Hall–Kier alpha value is -1.55. The number of benzene rings is 1. The highest BCUT2D eigenvalue weighted by Crippen LogP contribution is 2.42. The molecule has 2 N–H and O–H groups in total. The van der Waals surface area contributed by atoms with Crippen LogP contribution in [0.2, 0.25) is 0 Å². The van der Waals surface area contributed by atoms with Gasteiger partial charge in [0, 0.05) is 24.8 Å². The molecule has 1 heterocycles. The van der Waals surface area contributed by atoms with E-state index in [-0.39, 0.29) is 12.0 Å². The predicted molar refractivity (Wildman–Crippen MR) is 83.7 cm³/mol. The first-order valence-electron chi connectivity index (χ1n) is 7.87. The van der Waals surface area contributed by atoms with Crippen molar-refractivity contribution in [2.24, 2.45) is 5.92 Å². The second kappa shape index (κ2) is 5.34. The van der Waals surface area contributed by atoms with Crippen molar-refractivity contribution in [3.05, 3.63) is 29.8 Å². The number of rotatable bonds is 6. The Bertz CT molecular complexity index is 539. The van der Waals surface area contributed by atoms with Crippen LogP contribution in [0.1, 0.15) is 32.3 Å². The zero-order valence-electron chi connectivity index (χ0n) is 12.8. The van der Waals surface area contributed by atoms with Crippen LogP contribution in [0.5, 0.6) is 0 Å². The summed E-state index contributed by atoms with van der Waals surface area (Å²) in [6, 6.07) is 8.51. The van der Waals surface area contributed by atoms with Crippen molar-refractivity contribution in [2.45, 2.75) is 44.7 Å². The second-order valence-electron chi connectivity index (χ2n) is 6.65. The summed E-state index contributed by atoms with van der Waals surface area (Å²) in [5, 5.41) is 13.3. The van der Waals surface area contributed by atoms with Gasteiger partial charge in [0.1, 0.15) is 5.54 Å². The molecule has 0 saturated heterocycles. The maximum absolute atomic E-state index is 12.0. The number of fused-ring (bicyclic) bond motifs is 1. The van der Waals surface area contributed by atoms with Crippen LogP contribution in [0, 0.1) is 5.92 Å². The van der Waals surface area contributed by atoms with Crippen molar-refractivity contribution in [3.63, 3.8) is 0 Å². The van der Waals surface area contributed by atoms with Crippen molar-refractivity contribution < 1.29 is 9.90 Å². The number of nitrogens with one attached hydrogen (secondary N) is 1. The lowest BCUT2D eigenvalue weighted by Gasteiger charge is -2.37. The second-order valence-corrected chi connectivity index (χ2v) is 6.65. The maximum atomic E-state index is 12.0. The van der Waals surface area contributed by atoms with Crippen LogP contribution in [0.4, 0.5) is 5.69 Å². The van der Waals surface area contributed by atoms with Gasteiger partial charge in [-0.15, -0.1) is 0 Å². The molecule has 1 aliphatic carbocycles. The monoisotopic (exact) mass is 288 g/mol. The number of para-hydroxylation sites is 1. The van der Waals surface area contributed by atoms with Crippen molar-refractivity contribution in [3.8, 4) is 0 Å². The summed E-state index contributed by atoms with van der Waals surface area (Å²) in [4.78, 5) is 14.3. The number of hydrogen-bond donors (Lipinski definition) is 2. The van der Waals surface area contributed by atoms with Crippen LogP contribution in [0.25, 0.3) is 0 Å². The zero-order chi connectivity index (χ0) is 15.0. The third kappa shape index (κ3) is 2.64. The molecule has 0 bridgehead atoms. The van der Waals surface area contributed by atoms with Gasteiger partial charge in [0.2, 0.25) is 0 Å². The molecule has 0 radical (unpaired) electrons. The normalized spacial score (nSPS) is 20.4. The quantitative estimate of drug-likeness (QED) is 0.843. The fraction of sp³-hybridized carbons (Fsp3) is 0.588. The molecular formula is C17H24N2O2. The summed E-state index contributed by atoms with van der Waals surface area (Å²) in [6.07, 6.45) is 3.04. The number of carbonyl (C=O) groups is 1. The summed E-state index contributed by atoms with van der Waals surface area (Å²) < 4.78 is 0. The molecule has 1 aromatic rings. The first-order chi connectivity index (χ1) is 10.0. The zero-order valence-corrected chi connectivity index (χ0v) is 12.8. The van der Waals surface area contributed by atoms with E-state index >= 15 is 0 Å². The number of carboxylic acid groups (broad SMARTS) is 1. The van der Waals surface area contributed by atoms with Crippen LogP contribution < -0.4 is 10.2 Å². The van der Waals surface area contributed by atoms with Gasteiger partial charge in [0.15, 0.2) is 0 Å². The summed E-state index contributed by atoms with van der Waals surface area (Å²) in [5.41, 5.74) is 1.72. The van der Waals surface area contributed by atoms with Gasteiger partial charge >= 0.3 is 5.97 Å². The minimum Gasteiger partial charge on any atom is -0.480 e. The molecule has 1 aliphatic heterocycles. The number of hydrogen-bond acceptors (Lipinski definition) is 3. The molecule has 0 amide bonds. The Kier molecular flexibility index (Phi) is 3.66. The van der Waals surface area contributed by atoms with Crippen molar-refractivity contribution in [1.82, 2.24) is 5.32 Å². The van der Waals surface area contributed by atoms with Gasteiger partial charge < -0.3 is 10.0 Å². The molecule has 114 valence electrons. The lowest BCUT2D eigenvalue weighted by molar-refractivity contribution is -0.145. The van der Waals surface area contributed by atoms with E-state index in [2.05, 4.69) is 28.4 Å². The predicted octanol–water partition coefficient (Wildman–Crippen LogP) is 2.28. The van der Waals surface area contributed by atoms with Crippen LogP contribution in [-0.2, 0) is 11.2 Å². The largest absolute Gasteiger partial charge is 0.480 e. The van der Waals surface area contributed by atoms with E-state index < -0.39 is 11.5 Å². The topological polar surface area (TPSA) is 52.6 Å². The number of carboxylic acids is 1. The minimum absolute atomic E-state index is 0.166. The van der Waals surface area contributed by atoms with Gasteiger partial charge in [-0.25, -0.2) is 0 Å². The summed E-state index contributed by atoms with van der Waals surface area (Å²) >= 11 is 0. The Morgan fingerprint density at radius 3 is 2.76 bits per heavy atom.